The Morgan fingerprint density at radius 2 is 0.967 bits per heavy atom. The van der Waals surface area contributed by atoms with E-state index in [1.165, 1.54) is 58.0 Å². The zero-order valence-corrected chi connectivity index (χ0v) is 35.8. The third-order valence-electron chi connectivity index (χ3n) is 13.3. The number of fused-ring (bicyclic) bond motifs is 10. The number of halogens is 2. The van der Waals surface area contributed by atoms with Crippen LogP contribution in [0.25, 0.3) is 65.2 Å². The van der Waals surface area contributed by atoms with Crippen molar-refractivity contribution in [2.45, 2.75) is 51.0 Å². The topological polar surface area (TPSA) is 105 Å². The van der Waals surface area contributed by atoms with Crippen LogP contribution in [0.1, 0.15) is 25.7 Å². The highest BCUT2D eigenvalue weighted by molar-refractivity contribution is 6.21. The van der Waals surface area contributed by atoms with Crippen LogP contribution in [0, 0.1) is 11.8 Å². The summed E-state index contributed by atoms with van der Waals surface area (Å²) >= 11 is 0. The van der Waals surface area contributed by atoms with Gasteiger partial charge in [-0.3, -0.25) is 0 Å². The second kappa shape index (κ2) is 17.7. The molecule has 12 heteroatoms. The Kier molecular flexibility index (Phi) is 12.4. The maximum atomic E-state index is 11.3. The Bertz CT molecular complexity index is 2580. The summed E-state index contributed by atoms with van der Waals surface area (Å²) in [5.74, 6) is 3.17. The molecule has 4 aromatic carbocycles. The van der Waals surface area contributed by atoms with Gasteiger partial charge in [-0.25, -0.2) is 9.13 Å². The number of likely N-dealkylation sites (tertiary alicyclic amines) is 2. The van der Waals surface area contributed by atoms with Gasteiger partial charge in [0.1, 0.15) is 23.7 Å². The Balaban J connectivity index is 0.00000249. The summed E-state index contributed by atoms with van der Waals surface area (Å²) in [6.07, 6.45) is 12.5. The molecule has 0 aliphatic carbocycles. The van der Waals surface area contributed by atoms with Crippen molar-refractivity contribution in [1.29, 1.82) is 0 Å². The Hall–Kier alpha value is -4.68. The van der Waals surface area contributed by atoms with Crippen molar-refractivity contribution < 1.29 is 53.6 Å². The molecule has 8 aromatic rings. The summed E-state index contributed by atoms with van der Waals surface area (Å²) in [6, 6.07) is 25.3. The van der Waals surface area contributed by atoms with Gasteiger partial charge in [0, 0.05) is 68.8 Å². The lowest BCUT2D eigenvalue weighted by atomic mass is 9.78. The van der Waals surface area contributed by atoms with Gasteiger partial charge in [0.15, 0.2) is 37.9 Å². The lowest BCUT2D eigenvalue weighted by molar-refractivity contribution is -0.702. The monoisotopic (exact) mass is 848 g/mol. The molecule has 10 rings (SSSR count). The van der Waals surface area contributed by atoms with Gasteiger partial charge in [-0.1, -0.05) is 12.1 Å². The lowest BCUT2D eigenvalue weighted by Crippen LogP contribution is -3.00. The minimum Gasteiger partial charge on any atom is -1.00 e. The second-order valence-corrected chi connectivity index (χ2v) is 16.9. The van der Waals surface area contributed by atoms with E-state index < -0.39 is 12.2 Å². The molecule has 2 aliphatic rings. The number of aromatic amines is 2. The SMILES string of the molecule is COc1ccc2[nH]c3ccc4cc[n+](CC(O)CN5CCC(C6CCN(CC(O)C[n+]7ccc8ccc9[nH]c%10ccc(OC)cc%10c9c8c7)CC6)CC5)cc4c3c2c1.[Cl-].[Cl-]. The maximum Gasteiger partial charge on any atom is 0.177 e. The van der Waals surface area contributed by atoms with Gasteiger partial charge < -0.3 is 64.3 Å². The highest BCUT2D eigenvalue weighted by Gasteiger charge is 2.31. The van der Waals surface area contributed by atoms with Crippen molar-refractivity contribution in [3.63, 3.8) is 0 Å². The fraction of sp³-hybridized carbons (Fsp3) is 0.375. The van der Waals surface area contributed by atoms with Crippen LogP contribution < -0.4 is 43.4 Å². The third-order valence-corrected chi connectivity index (χ3v) is 13.3. The first-order valence-electron chi connectivity index (χ1n) is 21.0. The number of rotatable bonds is 11. The zero-order valence-electron chi connectivity index (χ0n) is 34.3. The van der Waals surface area contributed by atoms with Gasteiger partial charge in [0.2, 0.25) is 0 Å². The molecule has 2 atom stereocenters. The first-order chi connectivity index (χ1) is 28.4. The molecular weight excluding hydrogens is 795 g/mol. The van der Waals surface area contributed by atoms with E-state index in [0.717, 1.165) is 82.4 Å². The molecule has 2 fully saturated rings. The maximum absolute atomic E-state index is 11.3. The minimum absolute atomic E-state index is 0. The quantitative estimate of drug-likeness (QED) is 0.143. The molecule has 4 N–H and O–H groups in total. The molecule has 0 saturated carbocycles. The lowest BCUT2D eigenvalue weighted by Gasteiger charge is -2.40. The molecule has 314 valence electrons. The van der Waals surface area contributed by atoms with Gasteiger partial charge in [-0.05, 0) is 123 Å². The first kappa shape index (κ1) is 42.0. The third kappa shape index (κ3) is 8.21. The number of benzene rings is 4. The van der Waals surface area contributed by atoms with E-state index in [1.807, 2.05) is 12.1 Å². The van der Waals surface area contributed by atoms with Crippen molar-refractivity contribution in [3.05, 3.63) is 97.6 Å². The molecule has 4 aromatic heterocycles. The summed E-state index contributed by atoms with van der Waals surface area (Å²) in [7, 11) is 3.41. The van der Waals surface area contributed by atoms with Crippen LogP contribution in [0.3, 0.4) is 0 Å². The highest BCUT2D eigenvalue weighted by Crippen LogP contribution is 2.36. The number of nitrogens with zero attached hydrogens (tertiary/aromatic N) is 4. The van der Waals surface area contributed by atoms with Crippen molar-refractivity contribution in [2.75, 3.05) is 53.5 Å². The number of aliphatic hydroxyl groups excluding tert-OH is 2. The highest BCUT2D eigenvalue weighted by atomic mass is 35.5. The Morgan fingerprint density at radius 3 is 1.37 bits per heavy atom. The van der Waals surface area contributed by atoms with E-state index in [2.05, 4.69) is 114 Å². The Morgan fingerprint density at radius 1 is 0.567 bits per heavy atom. The predicted octanol–water partition coefficient (Wildman–Crippen LogP) is 0.708. The number of methoxy groups -OCH3 is 2. The van der Waals surface area contributed by atoms with Gasteiger partial charge in [-0.2, -0.15) is 0 Å². The molecule has 0 bridgehead atoms. The van der Waals surface area contributed by atoms with Crippen LogP contribution in [0.5, 0.6) is 11.5 Å². The molecule has 2 saturated heterocycles. The van der Waals surface area contributed by atoms with E-state index in [0.29, 0.717) is 26.2 Å². The number of pyridine rings is 2. The average molecular weight is 850 g/mol. The molecule has 2 aliphatic heterocycles. The number of hydrogen-bond donors (Lipinski definition) is 4. The number of β-amino-alcohol motifs (C(OH)–C–C–N with tert-alkyl or cyclic N) is 2. The molecule has 0 radical (unpaired) electrons. The van der Waals surface area contributed by atoms with E-state index in [1.54, 1.807) is 14.2 Å². The minimum atomic E-state index is -0.442. The van der Waals surface area contributed by atoms with Crippen molar-refractivity contribution >= 4 is 65.2 Å². The molecule has 10 nitrogen and oxygen atoms in total. The number of H-pyrrole nitrogens is 2. The molecule has 0 spiro atoms. The van der Waals surface area contributed by atoms with Gasteiger partial charge >= 0.3 is 0 Å². The van der Waals surface area contributed by atoms with E-state index in [4.69, 9.17) is 9.47 Å². The number of ether oxygens (including phenoxy) is 2. The van der Waals surface area contributed by atoms with Crippen LogP contribution in [-0.2, 0) is 13.1 Å². The summed E-state index contributed by atoms with van der Waals surface area (Å²) in [4.78, 5) is 12.0. The number of nitrogens with one attached hydrogen (secondary N) is 2. The fourth-order valence-corrected chi connectivity index (χ4v) is 10.3. The summed E-state index contributed by atoms with van der Waals surface area (Å²) < 4.78 is 15.4. The molecule has 0 amide bonds. The van der Waals surface area contributed by atoms with Crippen LogP contribution in [0.2, 0.25) is 0 Å². The van der Waals surface area contributed by atoms with Crippen molar-refractivity contribution in [2.24, 2.45) is 11.8 Å². The van der Waals surface area contributed by atoms with Gasteiger partial charge in [0.05, 0.1) is 25.0 Å². The van der Waals surface area contributed by atoms with E-state index >= 15 is 0 Å². The molecular formula is C48H54Cl2N6O4. The molecule has 60 heavy (non-hydrogen) atoms. The normalized spacial score (nSPS) is 17.1. The largest absolute Gasteiger partial charge is 1.00 e. The summed E-state index contributed by atoms with van der Waals surface area (Å²) in [6.45, 7) is 6.68. The zero-order chi connectivity index (χ0) is 39.3. The van der Waals surface area contributed by atoms with Gasteiger partial charge in [-0.15, -0.1) is 0 Å². The van der Waals surface area contributed by atoms with Crippen LogP contribution in [0.4, 0.5) is 0 Å². The average Bonchev–Trinajstić information content (AvgIpc) is 3.82. The fourth-order valence-electron chi connectivity index (χ4n) is 10.3. The van der Waals surface area contributed by atoms with Crippen molar-refractivity contribution in [3.8, 4) is 11.5 Å². The van der Waals surface area contributed by atoms with Gasteiger partial charge in [0.25, 0.3) is 0 Å². The molecule has 2 unspecified atom stereocenters. The van der Waals surface area contributed by atoms with E-state index in [-0.39, 0.29) is 24.8 Å². The van der Waals surface area contributed by atoms with Crippen LogP contribution in [-0.4, -0.2) is 95.7 Å². The smallest absolute Gasteiger partial charge is 0.177 e. The molecule has 6 heterocycles. The number of aromatic nitrogens is 4. The Labute approximate surface area is 362 Å². The number of hydrogen-bond acceptors (Lipinski definition) is 6. The standard InChI is InChI=1S/C48H52N6O4.2ClH/c1-57-37-5-9-43-39(23-37)47-41-29-53(21-15-33(41)3-7-45(47)49-43)27-35(55)25-51-17-11-31(12-18-51)32-13-19-52(20-14-32)26-36(56)28-54-22-16-34-4-8-46-48(42(34)30-54)40-24-38(58-2)6-10-44(40)50-46;;/h3-10,15-16,21-24,29-32,35-36,55-56H,11-14,17-20,25-28H2,1-2H3;2*1H. The van der Waals surface area contributed by atoms with Crippen LogP contribution in [0.15, 0.2) is 97.6 Å². The first-order valence-corrected chi connectivity index (χ1v) is 21.0. The summed E-state index contributed by atoms with van der Waals surface area (Å²) in [5.41, 5.74) is 4.39. The second-order valence-electron chi connectivity index (χ2n) is 16.9. The van der Waals surface area contributed by atoms with Crippen molar-refractivity contribution in [1.82, 2.24) is 19.8 Å². The van der Waals surface area contributed by atoms with E-state index in [9.17, 15) is 10.2 Å². The predicted molar refractivity (Wildman–Crippen MR) is 230 cm³/mol. The number of piperidine rings is 2. The summed E-state index contributed by atoms with van der Waals surface area (Å²) in [5, 5.41) is 31.9. The number of aliphatic hydroxyl groups is 2. The van der Waals surface area contributed by atoms with Crippen LogP contribution >= 0.6 is 0 Å².